The number of benzene rings is 1. The predicted octanol–water partition coefficient (Wildman–Crippen LogP) is 3.85. The van der Waals surface area contributed by atoms with Crippen LogP contribution in [0.25, 0.3) is 0 Å². The lowest BCUT2D eigenvalue weighted by molar-refractivity contribution is -0.138. The first-order valence-electron chi connectivity index (χ1n) is 7.65. The van der Waals surface area contributed by atoms with Crippen molar-refractivity contribution < 1.29 is 32.6 Å². The van der Waals surface area contributed by atoms with E-state index in [-0.39, 0.29) is 13.0 Å². The number of aryl methyl sites for hydroxylation is 1. The molecule has 1 aliphatic rings. The van der Waals surface area contributed by atoms with Gasteiger partial charge in [0, 0.05) is 13.0 Å². The van der Waals surface area contributed by atoms with E-state index in [1.54, 1.807) is 0 Å². The van der Waals surface area contributed by atoms with Crippen molar-refractivity contribution >= 4 is 17.7 Å². The first kappa shape index (κ1) is 18.1. The molecule has 5 nitrogen and oxygen atoms in total. The van der Waals surface area contributed by atoms with Gasteiger partial charge in [0.05, 0.1) is 17.9 Å². The number of ether oxygens (including phenoxy) is 1. The zero-order valence-electron chi connectivity index (χ0n) is 12.9. The first-order chi connectivity index (χ1) is 11.3. The molecule has 1 aromatic carbocycles. The molecule has 0 radical (unpaired) electrons. The Morgan fingerprint density at radius 1 is 1.25 bits per heavy atom. The Morgan fingerprint density at radius 3 is 2.67 bits per heavy atom. The third-order valence-electron chi connectivity index (χ3n) is 3.76. The topological polar surface area (TPSA) is 66.8 Å². The van der Waals surface area contributed by atoms with Crippen LogP contribution in [0, 0.1) is 0 Å². The van der Waals surface area contributed by atoms with E-state index in [0.29, 0.717) is 43.5 Å². The molecule has 0 saturated heterocycles. The summed E-state index contributed by atoms with van der Waals surface area (Å²) in [4.78, 5) is 23.8. The SMILES string of the molecule is O=C(O)CCCCOC(=O)N1CCCc2cc(C(F)(F)F)ccc21. The Morgan fingerprint density at radius 2 is 2.00 bits per heavy atom. The molecule has 0 fully saturated rings. The minimum atomic E-state index is -4.41. The third-order valence-corrected chi connectivity index (χ3v) is 3.76. The number of hydrogen-bond acceptors (Lipinski definition) is 3. The molecule has 0 spiro atoms. The summed E-state index contributed by atoms with van der Waals surface area (Å²) < 4.78 is 43.4. The number of rotatable bonds is 5. The van der Waals surface area contributed by atoms with Crippen LogP contribution in [0.15, 0.2) is 18.2 Å². The van der Waals surface area contributed by atoms with Crippen LogP contribution in [0.5, 0.6) is 0 Å². The maximum atomic E-state index is 12.8. The van der Waals surface area contributed by atoms with Crippen molar-refractivity contribution in [1.29, 1.82) is 0 Å². The third kappa shape index (κ3) is 4.62. The van der Waals surface area contributed by atoms with Gasteiger partial charge in [-0.3, -0.25) is 9.69 Å². The Hall–Kier alpha value is -2.25. The van der Waals surface area contributed by atoms with Gasteiger partial charge in [-0.05, 0) is 49.4 Å². The second kappa shape index (κ2) is 7.55. The molecule has 24 heavy (non-hydrogen) atoms. The standard InChI is InChI=1S/C16H18F3NO4/c17-16(18,19)12-6-7-13-11(10-12)4-3-8-20(13)15(23)24-9-2-1-5-14(21)22/h6-7,10H,1-5,8-9H2,(H,21,22). The highest BCUT2D eigenvalue weighted by atomic mass is 19.4. The average molecular weight is 345 g/mol. The Balaban J connectivity index is 1.98. The summed E-state index contributed by atoms with van der Waals surface area (Å²) in [5.41, 5.74) is 0.175. The summed E-state index contributed by atoms with van der Waals surface area (Å²) in [6.45, 7) is 0.463. The number of carbonyl (C=O) groups excluding carboxylic acids is 1. The Bertz CT molecular complexity index is 616. The van der Waals surface area contributed by atoms with E-state index in [0.717, 1.165) is 12.1 Å². The number of nitrogens with zero attached hydrogens (tertiary/aromatic N) is 1. The van der Waals surface area contributed by atoms with Gasteiger partial charge in [-0.15, -0.1) is 0 Å². The number of anilines is 1. The van der Waals surface area contributed by atoms with E-state index in [2.05, 4.69) is 0 Å². The van der Waals surface area contributed by atoms with E-state index >= 15 is 0 Å². The molecular weight excluding hydrogens is 327 g/mol. The van der Waals surface area contributed by atoms with Crippen LogP contribution < -0.4 is 4.90 Å². The molecule has 0 saturated carbocycles. The number of carboxylic acids is 1. The second-order valence-corrected chi connectivity index (χ2v) is 5.56. The zero-order valence-corrected chi connectivity index (χ0v) is 12.9. The van der Waals surface area contributed by atoms with Crippen LogP contribution in [0.3, 0.4) is 0 Å². The molecule has 0 aliphatic carbocycles. The highest BCUT2D eigenvalue weighted by Crippen LogP contribution is 2.35. The average Bonchev–Trinajstić information content (AvgIpc) is 2.52. The van der Waals surface area contributed by atoms with E-state index in [1.807, 2.05) is 0 Å². The number of hydrogen-bond donors (Lipinski definition) is 1. The van der Waals surface area contributed by atoms with E-state index < -0.39 is 23.8 Å². The summed E-state index contributed by atoms with van der Waals surface area (Å²) >= 11 is 0. The van der Waals surface area contributed by atoms with Gasteiger partial charge in [-0.1, -0.05) is 0 Å². The summed E-state index contributed by atoms with van der Waals surface area (Å²) in [6, 6.07) is 3.32. The number of unbranched alkanes of at least 4 members (excludes halogenated alkanes) is 1. The number of carbonyl (C=O) groups is 2. The maximum absolute atomic E-state index is 12.8. The van der Waals surface area contributed by atoms with Crippen molar-refractivity contribution in [3.8, 4) is 0 Å². The lowest BCUT2D eigenvalue weighted by Gasteiger charge is -2.29. The molecule has 0 atom stereocenters. The molecule has 1 N–H and O–H groups in total. The molecule has 1 amide bonds. The quantitative estimate of drug-likeness (QED) is 0.823. The molecule has 1 heterocycles. The minimum Gasteiger partial charge on any atom is -0.481 e. The molecule has 132 valence electrons. The van der Waals surface area contributed by atoms with Crippen LogP contribution in [-0.2, 0) is 22.1 Å². The van der Waals surface area contributed by atoms with Gasteiger partial charge in [-0.2, -0.15) is 13.2 Å². The molecule has 0 bridgehead atoms. The summed E-state index contributed by atoms with van der Waals surface area (Å²) in [6.07, 6.45) is -3.18. The van der Waals surface area contributed by atoms with Crippen molar-refractivity contribution in [3.05, 3.63) is 29.3 Å². The molecule has 1 aliphatic heterocycles. The lowest BCUT2D eigenvalue weighted by atomic mass is 9.99. The second-order valence-electron chi connectivity index (χ2n) is 5.56. The monoisotopic (exact) mass is 345 g/mol. The highest BCUT2D eigenvalue weighted by Gasteiger charge is 2.32. The zero-order chi connectivity index (χ0) is 17.7. The minimum absolute atomic E-state index is 0.00428. The van der Waals surface area contributed by atoms with Crippen LogP contribution in [0.4, 0.5) is 23.7 Å². The lowest BCUT2D eigenvalue weighted by Crippen LogP contribution is -2.36. The maximum Gasteiger partial charge on any atom is 0.416 e. The number of fused-ring (bicyclic) bond motifs is 1. The number of alkyl halides is 3. The summed E-state index contributed by atoms with van der Waals surface area (Å²) in [7, 11) is 0. The van der Waals surface area contributed by atoms with Gasteiger partial charge in [0.25, 0.3) is 0 Å². The first-order valence-corrected chi connectivity index (χ1v) is 7.65. The predicted molar refractivity (Wildman–Crippen MR) is 79.9 cm³/mol. The smallest absolute Gasteiger partial charge is 0.416 e. The van der Waals surface area contributed by atoms with Crippen LogP contribution in [0.2, 0.25) is 0 Å². The molecule has 0 unspecified atom stereocenters. The number of amides is 1. The van der Waals surface area contributed by atoms with Crippen LogP contribution >= 0.6 is 0 Å². The molecule has 1 aromatic rings. The van der Waals surface area contributed by atoms with Gasteiger partial charge in [0.2, 0.25) is 0 Å². The van der Waals surface area contributed by atoms with Gasteiger partial charge in [0.15, 0.2) is 0 Å². The van der Waals surface area contributed by atoms with Crippen molar-refractivity contribution in [2.24, 2.45) is 0 Å². The molecule has 8 heteroatoms. The van der Waals surface area contributed by atoms with Crippen molar-refractivity contribution in [2.75, 3.05) is 18.1 Å². The Labute approximate surface area is 137 Å². The number of carboxylic acid groups (broad SMARTS) is 1. The van der Waals surface area contributed by atoms with Crippen molar-refractivity contribution in [2.45, 2.75) is 38.3 Å². The number of aliphatic carboxylic acids is 1. The fraction of sp³-hybridized carbons (Fsp3) is 0.500. The van der Waals surface area contributed by atoms with Crippen molar-refractivity contribution in [1.82, 2.24) is 0 Å². The fourth-order valence-electron chi connectivity index (χ4n) is 2.58. The van der Waals surface area contributed by atoms with Crippen molar-refractivity contribution in [3.63, 3.8) is 0 Å². The highest BCUT2D eigenvalue weighted by molar-refractivity contribution is 5.89. The molecule has 2 rings (SSSR count). The van der Waals surface area contributed by atoms with E-state index in [9.17, 15) is 22.8 Å². The van der Waals surface area contributed by atoms with Crippen LogP contribution in [0.1, 0.15) is 36.8 Å². The molecule has 0 aromatic heterocycles. The van der Waals surface area contributed by atoms with Gasteiger partial charge in [-0.25, -0.2) is 4.79 Å². The van der Waals surface area contributed by atoms with Crippen LogP contribution in [-0.4, -0.2) is 30.3 Å². The largest absolute Gasteiger partial charge is 0.481 e. The van der Waals surface area contributed by atoms with Gasteiger partial charge < -0.3 is 9.84 Å². The fourth-order valence-corrected chi connectivity index (χ4v) is 2.58. The number of halogens is 3. The molecular formula is C16H18F3NO4. The summed E-state index contributed by atoms with van der Waals surface area (Å²) in [5.74, 6) is -0.910. The van der Waals surface area contributed by atoms with E-state index in [1.165, 1.54) is 11.0 Å². The van der Waals surface area contributed by atoms with E-state index in [4.69, 9.17) is 9.84 Å². The van der Waals surface area contributed by atoms with Gasteiger partial charge >= 0.3 is 18.2 Å². The normalized spacial score (nSPS) is 14.2. The van der Waals surface area contributed by atoms with Gasteiger partial charge in [0.1, 0.15) is 0 Å². The summed E-state index contributed by atoms with van der Waals surface area (Å²) in [5, 5.41) is 8.52. The Kier molecular flexibility index (Phi) is 5.69.